The molecule has 0 radical (unpaired) electrons. The number of benzene rings is 1. The number of carbonyl (C=O) groups excluding carboxylic acids is 5. The van der Waals surface area contributed by atoms with Crippen LogP contribution in [0.3, 0.4) is 0 Å². The minimum atomic E-state index is -0.507. The van der Waals surface area contributed by atoms with E-state index >= 15 is 0 Å². The SMILES string of the molecule is CC(C)C(C=O)NC(=O)Cc1ccc(N2C(=O)C=CC2=O)cc1.CNCC(=O)P. The molecule has 156 valence electrons. The van der Waals surface area contributed by atoms with Gasteiger partial charge < -0.3 is 15.4 Å². The molecule has 0 saturated heterocycles. The summed E-state index contributed by atoms with van der Waals surface area (Å²) >= 11 is 0. The van der Waals surface area contributed by atoms with Gasteiger partial charge in [0, 0.05) is 12.2 Å². The molecule has 29 heavy (non-hydrogen) atoms. The zero-order valence-corrected chi connectivity index (χ0v) is 17.8. The number of hydrogen-bond acceptors (Lipinski definition) is 6. The molecule has 1 aliphatic heterocycles. The van der Waals surface area contributed by atoms with Gasteiger partial charge in [-0.15, -0.1) is 0 Å². The first-order chi connectivity index (χ1) is 13.7. The smallest absolute Gasteiger partial charge is 0.258 e. The van der Waals surface area contributed by atoms with Crippen molar-refractivity contribution in [2.24, 2.45) is 5.92 Å². The molecule has 1 aromatic carbocycles. The van der Waals surface area contributed by atoms with Crippen LogP contribution in [0.4, 0.5) is 5.69 Å². The van der Waals surface area contributed by atoms with E-state index in [4.69, 9.17) is 0 Å². The second kappa shape index (κ2) is 12.0. The van der Waals surface area contributed by atoms with Crippen molar-refractivity contribution in [2.75, 3.05) is 18.5 Å². The molecule has 1 heterocycles. The van der Waals surface area contributed by atoms with E-state index in [9.17, 15) is 24.0 Å². The quantitative estimate of drug-likeness (QED) is 0.363. The molecule has 0 fully saturated rings. The summed E-state index contributed by atoms with van der Waals surface area (Å²) in [6, 6.07) is 6.08. The lowest BCUT2D eigenvalue weighted by Gasteiger charge is -2.16. The highest BCUT2D eigenvalue weighted by atomic mass is 31.0. The number of hydrogen-bond donors (Lipinski definition) is 2. The molecule has 2 atom stereocenters. The Morgan fingerprint density at radius 1 is 1.10 bits per heavy atom. The number of amides is 3. The van der Waals surface area contributed by atoms with Crippen molar-refractivity contribution in [3.63, 3.8) is 0 Å². The first-order valence-electron chi connectivity index (χ1n) is 9.02. The topological polar surface area (TPSA) is 113 Å². The molecule has 0 spiro atoms. The number of nitrogens with one attached hydrogen (secondary N) is 2. The van der Waals surface area contributed by atoms with Gasteiger partial charge in [-0.3, -0.25) is 19.2 Å². The van der Waals surface area contributed by atoms with Gasteiger partial charge in [0.1, 0.15) is 6.29 Å². The Morgan fingerprint density at radius 3 is 2.03 bits per heavy atom. The summed E-state index contributed by atoms with van der Waals surface area (Å²) in [5.74, 6) is -0.991. The molecule has 2 rings (SSSR count). The van der Waals surface area contributed by atoms with E-state index in [2.05, 4.69) is 19.9 Å². The highest BCUT2D eigenvalue weighted by Crippen LogP contribution is 2.19. The number of likely N-dealkylation sites (N-methyl/N-ethyl adjacent to an activating group) is 1. The van der Waals surface area contributed by atoms with Crippen LogP contribution in [-0.2, 0) is 30.4 Å². The number of imide groups is 1. The van der Waals surface area contributed by atoms with Gasteiger partial charge in [0.2, 0.25) is 5.91 Å². The van der Waals surface area contributed by atoms with Crippen LogP contribution >= 0.6 is 9.24 Å². The zero-order chi connectivity index (χ0) is 22.0. The Hall–Kier alpha value is -2.70. The number of aldehydes is 1. The van der Waals surface area contributed by atoms with Gasteiger partial charge in [0.15, 0.2) is 5.52 Å². The molecule has 3 amide bonds. The molecular weight excluding hydrogens is 393 g/mol. The molecule has 1 aromatic rings. The maximum absolute atomic E-state index is 11.9. The average molecular weight is 419 g/mol. The Balaban J connectivity index is 0.000000612. The fourth-order valence-electron chi connectivity index (χ4n) is 2.37. The van der Waals surface area contributed by atoms with E-state index in [1.165, 1.54) is 12.2 Å². The molecule has 0 bridgehead atoms. The second-order valence-electron chi connectivity index (χ2n) is 6.66. The predicted octanol–water partition coefficient (Wildman–Crippen LogP) is 0.606. The van der Waals surface area contributed by atoms with Crippen LogP contribution in [0.2, 0.25) is 0 Å². The average Bonchev–Trinajstić information content (AvgIpc) is 2.99. The fourth-order valence-corrected chi connectivity index (χ4v) is 2.58. The summed E-state index contributed by atoms with van der Waals surface area (Å²) in [6.45, 7) is 4.16. The fraction of sp³-hybridized carbons (Fsp3) is 0.350. The highest BCUT2D eigenvalue weighted by molar-refractivity contribution is 7.40. The molecule has 9 heteroatoms. The lowest BCUT2D eigenvalue weighted by atomic mass is 10.1. The predicted molar refractivity (Wildman–Crippen MR) is 113 cm³/mol. The molecule has 2 unspecified atom stereocenters. The van der Waals surface area contributed by atoms with Gasteiger partial charge >= 0.3 is 0 Å². The van der Waals surface area contributed by atoms with Crippen LogP contribution in [0.1, 0.15) is 19.4 Å². The maximum Gasteiger partial charge on any atom is 0.258 e. The summed E-state index contributed by atoms with van der Waals surface area (Å²) in [5, 5.41) is 5.36. The first-order valence-corrected chi connectivity index (χ1v) is 9.60. The first kappa shape index (κ1) is 24.3. The van der Waals surface area contributed by atoms with E-state index < -0.39 is 6.04 Å². The van der Waals surface area contributed by atoms with Crippen molar-refractivity contribution in [2.45, 2.75) is 26.3 Å². The number of anilines is 1. The molecule has 8 nitrogen and oxygen atoms in total. The van der Waals surface area contributed by atoms with Gasteiger partial charge in [-0.1, -0.05) is 35.2 Å². The number of nitrogens with zero attached hydrogens (tertiary/aromatic N) is 1. The van der Waals surface area contributed by atoms with Crippen molar-refractivity contribution in [1.82, 2.24) is 10.6 Å². The van der Waals surface area contributed by atoms with Gasteiger partial charge in [-0.2, -0.15) is 0 Å². The van der Waals surface area contributed by atoms with Crippen LogP contribution < -0.4 is 15.5 Å². The number of carbonyl (C=O) groups is 5. The van der Waals surface area contributed by atoms with Gasteiger partial charge in [-0.05, 0) is 30.7 Å². The van der Waals surface area contributed by atoms with E-state index in [1.54, 1.807) is 31.3 Å². The van der Waals surface area contributed by atoms with Crippen LogP contribution in [0.5, 0.6) is 0 Å². The third-order valence-electron chi connectivity index (χ3n) is 3.91. The van der Waals surface area contributed by atoms with E-state index in [0.717, 1.165) is 16.7 Å². The lowest BCUT2D eigenvalue weighted by molar-refractivity contribution is -0.124. The summed E-state index contributed by atoms with van der Waals surface area (Å²) in [6.07, 6.45) is 3.28. The molecule has 0 aliphatic carbocycles. The summed E-state index contributed by atoms with van der Waals surface area (Å²) in [5.41, 5.74) is 1.28. The summed E-state index contributed by atoms with van der Waals surface area (Å²) in [4.78, 5) is 57.0. The van der Waals surface area contributed by atoms with Crippen molar-refractivity contribution in [1.29, 1.82) is 0 Å². The third-order valence-corrected chi connectivity index (χ3v) is 4.12. The Bertz CT molecular complexity index is 772. The lowest BCUT2D eigenvalue weighted by Crippen LogP contribution is -2.40. The van der Waals surface area contributed by atoms with Crippen molar-refractivity contribution < 1.29 is 24.0 Å². The van der Waals surface area contributed by atoms with Crippen molar-refractivity contribution >= 4 is 44.5 Å². The number of rotatable bonds is 8. The van der Waals surface area contributed by atoms with Crippen LogP contribution in [-0.4, -0.2) is 49.2 Å². The molecular formula is C20H26N3O5P. The standard InChI is InChI=1S/C17H18N2O4.C3H8NOP/c1-11(2)14(10-20)18-15(21)9-12-3-5-13(6-4-12)19-16(22)7-8-17(19)23;1-4-2-3(5)6/h3-8,10-11,14H,9H2,1-2H3,(H,18,21);4H,2,6H2,1H3. The van der Waals surface area contributed by atoms with Crippen molar-refractivity contribution in [3.8, 4) is 0 Å². The maximum atomic E-state index is 11.9. The van der Waals surface area contributed by atoms with Gasteiger partial charge in [0.25, 0.3) is 11.8 Å². The van der Waals surface area contributed by atoms with E-state index in [0.29, 0.717) is 12.2 Å². The van der Waals surface area contributed by atoms with Crippen LogP contribution in [0, 0.1) is 5.92 Å². The summed E-state index contributed by atoms with van der Waals surface area (Å²) in [7, 11) is 3.82. The molecule has 0 saturated carbocycles. The Labute approximate surface area is 172 Å². The Morgan fingerprint density at radius 2 is 1.66 bits per heavy atom. The second-order valence-corrected chi connectivity index (χ2v) is 7.30. The minimum Gasteiger partial charge on any atom is -0.346 e. The van der Waals surface area contributed by atoms with Gasteiger partial charge in [0.05, 0.1) is 24.7 Å². The van der Waals surface area contributed by atoms with Gasteiger partial charge in [-0.25, -0.2) is 4.90 Å². The Kier molecular flexibility index (Phi) is 10.1. The monoisotopic (exact) mass is 419 g/mol. The highest BCUT2D eigenvalue weighted by Gasteiger charge is 2.25. The minimum absolute atomic E-state index is 0.0264. The van der Waals surface area contributed by atoms with Crippen LogP contribution in [0.25, 0.3) is 0 Å². The normalized spacial score (nSPS) is 13.8. The molecule has 0 aromatic heterocycles. The van der Waals surface area contributed by atoms with Crippen molar-refractivity contribution in [3.05, 3.63) is 42.0 Å². The third kappa shape index (κ3) is 8.05. The van der Waals surface area contributed by atoms with E-state index in [1.807, 2.05) is 13.8 Å². The molecule has 1 aliphatic rings. The largest absolute Gasteiger partial charge is 0.346 e. The molecule has 2 N–H and O–H groups in total. The zero-order valence-electron chi connectivity index (χ0n) is 16.7. The van der Waals surface area contributed by atoms with E-state index in [-0.39, 0.29) is 35.6 Å². The van der Waals surface area contributed by atoms with Crippen LogP contribution in [0.15, 0.2) is 36.4 Å². The summed E-state index contributed by atoms with van der Waals surface area (Å²) < 4.78 is 0.